The highest BCUT2D eigenvalue weighted by Gasteiger charge is 2.15. The van der Waals surface area contributed by atoms with Crippen LogP contribution >= 0.6 is 11.6 Å². The van der Waals surface area contributed by atoms with Gasteiger partial charge in [0.25, 0.3) is 5.91 Å². The first-order valence-electron chi connectivity index (χ1n) is 7.60. The Labute approximate surface area is 131 Å². The number of halogens is 1. The van der Waals surface area contributed by atoms with Gasteiger partial charge in [-0.25, -0.2) is 0 Å². The molecule has 0 aliphatic heterocycles. The molecule has 1 fully saturated rings. The topological polar surface area (TPSA) is 64.3 Å². The Morgan fingerprint density at radius 3 is 2.67 bits per heavy atom. The van der Waals surface area contributed by atoms with E-state index in [9.17, 15) is 4.79 Å². The molecule has 116 valence electrons. The van der Waals surface area contributed by atoms with E-state index in [-0.39, 0.29) is 18.6 Å². The maximum atomic E-state index is 12.0. The number of carbonyl (C=O) groups excluding carboxylic acids is 1. The molecule has 3 N–H and O–H groups in total. The van der Waals surface area contributed by atoms with E-state index in [0.29, 0.717) is 17.3 Å². The molecule has 2 rings (SSSR count). The SMILES string of the molecule is NCc1c(Cl)cccc1OCC(=O)NC1CCCCCC1. The maximum Gasteiger partial charge on any atom is 0.258 e. The van der Waals surface area contributed by atoms with Gasteiger partial charge in [0.2, 0.25) is 0 Å². The number of benzene rings is 1. The third-order valence-corrected chi connectivity index (χ3v) is 4.21. The first kappa shape index (κ1) is 16.1. The summed E-state index contributed by atoms with van der Waals surface area (Å²) in [4.78, 5) is 12.0. The van der Waals surface area contributed by atoms with E-state index in [2.05, 4.69) is 5.32 Å². The number of nitrogens with two attached hydrogens (primary N) is 1. The molecular weight excluding hydrogens is 288 g/mol. The van der Waals surface area contributed by atoms with E-state index in [1.807, 2.05) is 0 Å². The number of ether oxygens (including phenoxy) is 1. The molecule has 1 amide bonds. The zero-order valence-electron chi connectivity index (χ0n) is 12.2. The minimum absolute atomic E-state index is 0.00381. The van der Waals surface area contributed by atoms with Crippen LogP contribution in [0, 0.1) is 0 Å². The van der Waals surface area contributed by atoms with Crippen molar-refractivity contribution in [3.05, 3.63) is 28.8 Å². The van der Waals surface area contributed by atoms with Gasteiger partial charge in [-0.3, -0.25) is 4.79 Å². The lowest BCUT2D eigenvalue weighted by molar-refractivity contribution is -0.123. The van der Waals surface area contributed by atoms with Crippen LogP contribution in [0.5, 0.6) is 5.75 Å². The van der Waals surface area contributed by atoms with E-state index >= 15 is 0 Å². The number of hydrogen-bond donors (Lipinski definition) is 2. The van der Waals surface area contributed by atoms with Gasteiger partial charge in [0.05, 0.1) is 0 Å². The fraction of sp³-hybridized carbons (Fsp3) is 0.562. The van der Waals surface area contributed by atoms with E-state index in [1.54, 1.807) is 18.2 Å². The monoisotopic (exact) mass is 310 g/mol. The Kier molecular flexibility index (Phi) is 6.33. The molecule has 0 heterocycles. The zero-order valence-corrected chi connectivity index (χ0v) is 13.0. The van der Waals surface area contributed by atoms with Gasteiger partial charge in [0.1, 0.15) is 5.75 Å². The normalized spacial score (nSPS) is 16.3. The molecule has 0 spiro atoms. The summed E-state index contributed by atoms with van der Waals surface area (Å²) in [5, 5.41) is 3.62. The summed E-state index contributed by atoms with van der Waals surface area (Å²) in [6, 6.07) is 5.63. The molecule has 0 saturated heterocycles. The molecule has 0 bridgehead atoms. The number of amides is 1. The summed E-state index contributed by atoms with van der Waals surface area (Å²) in [5.41, 5.74) is 6.40. The summed E-state index contributed by atoms with van der Waals surface area (Å²) < 4.78 is 5.57. The molecule has 1 aromatic carbocycles. The van der Waals surface area contributed by atoms with E-state index in [4.69, 9.17) is 22.1 Å². The van der Waals surface area contributed by atoms with Gasteiger partial charge < -0.3 is 15.8 Å². The van der Waals surface area contributed by atoms with Crippen molar-refractivity contribution in [2.75, 3.05) is 6.61 Å². The average Bonchev–Trinajstić information content (AvgIpc) is 2.74. The average molecular weight is 311 g/mol. The summed E-state index contributed by atoms with van der Waals surface area (Å²) >= 11 is 6.06. The van der Waals surface area contributed by atoms with Crippen molar-refractivity contribution in [3.63, 3.8) is 0 Å². The summed E-state index contributed by atoms with van der Waals surface area (Å²) in [5.74, 6) is 0.505. The Balaban J connectivity index is 1.85. The number of carbonyl (C=O) groups is 1. The van der Waals surface area contributed by atoms with E-state index in [1.165, 1.54) is 25.7 Å². The Morgan fingerprint density at radius 1 is 1.29 bits per heavy atom. The van der Waals surface area contributed by atoms with Crippen molar-refractivity contribution in [2.45, 2.75) is 51.1 Å². The molecule has 1 aliphatic rings. The van der Waals surface area contributed by atoms with Crippen LogP contribution < -0.4 is 15.8 Å². The van der Waals surface area contributed by atoms with Crippen LogP contribution in [0.25, 0.3) is 0 Å². The van der Waals surface area contributed by atoms with Crippen molar-refractivity contribution in [3.8, 4) is 5.75 Å². The summed E-state index contributed by atoms with van der Waals surface area (Å²) in [7, 11) is 0. The molecule has 0 unspecified atom stereocenters. The second-order valence-corrected chi connectivity index (χ2v) is 5.87. The van der Waals surface area contributed by atoms with Crippen LogP contribution in [0.2, 0.25) is 5.02 Å². The molecule has 1 aliphatic carbocycles. The van der Waals surface area contributed by atoms with Crippen molar-refractivity contribution in [2.24, 2.45) is 5.73 Å². The molecule has 5 heteroatoms. The fourth-order valence-electron chi connectivity index (χ4n) is 2.71. The number of hydrogen-bond acceptors (Lipinski definition) is 3. The molecule has 21 heavy (non-hydrogen) atoms. The lowest BCUT2D eigenvalue weighted by atomic mass is 10.1. The van der Waals surface area contributed by atoms with Gasteiger partial charge in [-0.1, -0.05) is 43.4 Å². The third-order valence-electron chi connectivity index (χ3n) is 3.86. The number of nitrogens with one attached hydrogen (secondary N) is 1. The standard InChI is InChI=1S/C16H23ClN2O2/c17-14-8-5-9-15(13(14)10-18)21-11-16(20)19-12-6-3-1-2-4-7-12/h5,8-9,12H,1-4,6-7,10-11,18H2,(H,19,20). The van der Waals surface area contributed by atoms with Gasteiger partial charge in [-0.15, -0.1) is 0 Å². The minimum atomic E-state index is -0.0788. The van der Waals surface area contributed by atoms with Crippen molar-refractivity contribution in [1.29, 1.82) is 0 Å². The second-order valence-electron chi connectivity index (χ2n) is 5.47. The molecular formula is C16H23ClN2O2. The van der Waals surface area contributed by atoms with E-state index < -0.39 is 0 Å². The highest BCUT2D eigenvalue weighted by atomic mass is 35.5. The summed E-state index contributed by atoms with van der Waals surface area (Å²) in [6.07, 6.45) is 7.05. The van der Waals surface area contributed by atoms with Gasteiger partial charge in [-0.05, 0) is 25.0 Å². The van der Waals surface area contributed by atoms with Gasteiger partial charge >= 0.3 is 0 Å². The lowest BCUT2D eigenvalue weighted by Crippen LogP contribution is -2.37. The van der Waals surface area contributed by atoms with Gasteiger partial charge in [-0.2, -0.15) is 0 Å². The fourth-order valence-corrected chi connectivity index (χ4v) is 2.95. The molecule has 4 nitrogen and oxygen atoms in total. The molecule has 0 atom stereocenters. The number of rotatable bonds is 5. The highest BCUT2D eigenvalue weighted by Crippen LogP contribution is 2.25. The maximum absolute atomic E-state index is 12.0. The van der Waals surface area contributed by atoms with Crippen molar-refractivity contribution in [1.82, 2.24) is 5.32 Å². The van der Waals surface area contributed by atoms with Crippen molar-refractivity contribution >= 4 is 17.5 Å². The third kappa shape index (κ3) is 4.90. The summed E-state index contributed by atoms with van der Waals surface area (Å²) in [6.45, 7) is 0.295. The lowest BCUT2D eigenvalue weighted by Gasteiger charge is -2.17. The van der Waals surface area contributed by atoms with Crippen LogP contribution in [-0.4, -0.2) is 18.6 Å². The molecule has 0 radical (unpaired) electrons. The molecule has 0 aromatic heterocycles. The van der Waals surface area contributed by atoms with Crippen LogP contribution in [-0.2, 0) is 11.3 Å². The zero-order chi connectivity index (χ0) is 15.1. The van der Waals surface area contributed by atoms with Gasteiger partial charge in [0.15, 0.2) is 6.61 Å². The molecule has 1 saturated carbocycles. The smallest absolute Gasteiger partial charge is 0.258 e. The van der Waals surface area contributed by atoms with Crippen LogP contribution in [0.3, 0.4) is 0 Å². The second kappa shape index (κ2) is 8.25. The minimum Gasteiger partial charge on any atom is -0.483 e. The van der Waals surface area contributed by atoms with Crippen molar-refractivity contribution < 1.29 is 9.53 Å². The van der Waals surface area contributed by atoms with Gasteiger partial charge in [0, 0.05) is 23.2 Å². The quantitative estimate of drug-likeness (QED) is 0.822. The Morgan fingerprint density at radius 2 is 2.00 bits per heavy atom. The van der Waals surface area contributed by atoms with Crippen LogP contribution in [0.4, 0.5) is 0 Å². The van der Waals surface area contributed by atoms with Crippen LogP contribution in [0.1, 0.15) is 44.1 Å². The predicted molar refractivity (Wildman–Crippen MR) is 84.5 cm³/mol. The first-order chi connectivity index (χ1) is 10.2. The Hall–Kier alpha value is -1.26. The predicted octanol–water partition coefficient (Wildman–Crippen LogP) is 3.02. The van der Waals surface area contributed by atoms with E-state index in [0.717, 1.165) is 18.4 Å². The Bertz CT molecular complexity index is 471. The first-order valence-corrected chi connectivity index (χ1v) is 7.98. The highest BCUT2D eigenvalue weighted by molar-refractivity contribution is 6.31. The molecule has 1 aromatic rings. The van der Waals surface area contributed by atoms with Crippen LogP contribution in [0.15, 0.2) is 18.2 Å². The largest absolute Gasteiger partial charge is 0.483 e.